The van der Waals surface area contributed by atoms with Gasteiger partial charge in [-0.15, -0.1) is 0 Å². The van der Waals surface area contributed by atoms with E-state index in [0.29, 0.717) is 18.1 Å². The van der Waals surface area contributed by atoms with E-state index in [1.165, 1.54) is 16.7 Å². The molecule has 1 aromatic carbocycles. The molecule has 2 rings (SSSR count). The predicted molar refractivity (Wildman–Crippen MR) is 96.9 cm³/mol. The van der Waals surface area contributed by atoms with Crippen LogP contribution < -0.4 is 0 Å². The summed E-state index contributed by atoms with van der Waals surface area (Å²) in [7, 11) is 0. The minimum atomic E-state index is -0.722. The maximum Gasteiger partial charge on any atom is 0.108 e. The van der Waals surface area contributed by atoms with Crippen molar-refractivity contribution in [1.82, 2.24) is 0 Å². The second kappa shape index (κ2) is 7.35. The van der Waals surface area contributed by atoms with Crippen molar-refractivity contribution in [2.24, 2.45) is 0 Å². The summed E-state index contributed by atoms with van der Waals surface area (Å²) < 4.78 is 0. The molecule has 0 bridgehead atoms. The van der Waals surface area contributed by atoms with Crippen LogP contribution >= 0.6 is 0 Å². The number of rotatable bonds is 4. The Morgan fingerprint density at radius 1 is 1.26 bits per heavy atom. The summed E-state index contributed by atoms with van der Waals surface area (Å²) >= 11 is 0. The van der Waals surface area contributed by atoms with Crippen molar-refractivity contribution in [1.29, 1.82) is 0 Å². The highest BCUT2D eigenvalue weighted by molar-refractivity contribution is 5.55. The van der Waals surface area contributed by atoms with Crippen LogP contribution in [0.2, 0.25) is 0 Å². The number of allylic oxidation sites excluding steroid dienone is 2. The quantitative estimate of drug-likeness (QED) is 0.718. The molecule has 0 saturated carbocycles. The van der Waals surface area contributed by atoms with E-state index in [9.17, 15) is 10.2 Å². The standard InChI is InChI=1S/C21H30O2/c1-6-9-15-12-17-16(13(4)5)10-14(7-2)11-18(17)21(23)20(15)19(22)8-3/h9-11,13,21-23H,6-8,12H2,1-5H3/b15-9-,20-19-. The topological polar surface area (TPSA) is 40.5 Å². The summed E-state index contributed by atoms with van der Waals surface area (Å²) in [5.74, 6) is 0.742. The monoisotopic (exact) mass is 314 g/mol. The lowest BCUT2D eigenvalue weighted by atomic mass is 9.76. The average molecular weight is 314 g/mol. The van der Waals surface area contributed by atoms with Crippen LogP contribution in [0, 0.1) is 0 Å². The van der Waals surface area contributed by atoms with E-state index < -0.39 is 6.10 Å². The van der Waals surface area contributed by atoms with Crippen molar-refractivity contribution in [3.63, 3.8) is 0 Å². The molecule has 0 fully saturated rings. The van der Waals surface area contributed by atoms with E-state index in [-0.39, 0.29) is 0 Å². The molecule has 1 atom stereocenters. The van der Waals surface area contributed by atoms with E-state index in [2.05, 4.69) is 45.9 Å². The lowest BCUT2D eigenvalue weighted by Gasteiger charge is -2.31. The first-order chi connectivity index (χ1) is 10.9. The van der Waals surface area contributed by atoms with Gasteiger partial charge in [0.2, 0.25) is 0 Å². The zero-order chi connectivity index (χ0) is 17.1. The fourth-order valence-corrected chi connectivity index (χ4v) is 3.53. The van der Waals surface area contributed by atoms with Crippen LogP contribution in [0.15, 0.2) is 35.1 Å². The van der Waals surface area contributed by atoms with Gasteiger partial charge in [-0.2, -0.15) is 0 Å². The molecule has 0 spiro atoms. The average Bonchev–Trinajstić information content (AvgIpc) is 2.54. The number of aryl methyl sites for hydroxylation is 1. The van der Waals surface area contributed by atoms with Crippen LogP contribution in [0.1, 0.15) is 81.7 Å². The molecule has 0 saturated heterocycles. The number of hydrogen-bond donors (Lipinski definition) is 2. The summed E-state index contributed by atoms with van der Waals surface area (Å²) in [6.45, 7) is 10.6. The highest BCUT2D eigenvalue weighted by Crippen LogP contribution is 2.42. The zero-order valence-corrected chi connectivity index (χ0v) is 15.1. The van der Waals surface area contributed by atoms with Gasteiger partial charge in [0.1, 0.15) is 6.10 Å². The van der Waals surface area contributed by atoms with Crippen LogP contribution in [0.3, 0.4) is 0 Å². The van der Waals surface area contributed by atoms with E-state index >= 15 is 0 Å². The summed E-state index contributed by atoms with van der Waals surface area (Å²) in [5.41, 5.74) is 6.62. The van der Waals surface area contributed by atoms with Crippen molar-refractivity contribution in [3.8, 4) is 0 Å². The normalized spacial score (nSPS) is 21.7. The van der Waals surface area contributed by atoms with Crippen LogP contribution in [-0.4, -0.2) is 10.2 Å². The molecular weight excluding hydrogens is 284 g/mol. The molecule has 1 aromatic rings. The van der Waals surface area contributed by atoms with Crippen molar-refractivity contribution in [2.45, 2.75) is 72.3 Å². The number of aliphatic hydroxyl groups is 2. The summed E-state index contributed by atoms with van der Waals surface area (Å²) in [6.07, 6.45) is 4.63. The van der Waals surface area contributed by atoms with E-state index in [0.717, 1.165) is 36.0 Å². The van der Waals surface area contributed by atoms with Crippen molar-refractivity contribution >= 4 is 0 Å². The molecule has 126 valence electrons. The van der Waals surface area contributed by atoms with E-state index in [4.69, 9.17) is 0 Å². The third-order valence-electron chi connectivity index (χ3n) is 4.79. The molecule has 2 nitrogen and oxygen atoms in total. The highest BCUT2D eigenvalue weighted by atomic mass is 16.3. The largest absolute Gasteiger partial charge is 0.512 e. The summed E-state index contributed by atoms with van der Waals surface area (Å²) in [4.78, 5) is 0. The van der Waals surface area contributed by atoms with Gasteiger partial charge < -0.3 is 10.2 Å². The SMILES string of the molecule is CC/C=C1/Cc2c(C(C)C)cc(CC)cc2C(O)/C1=C(\O)CC. The third kappa shape index (κ3) is 3.37. The van der Waals surface area contributed by atoms with E-state index in [1.807, 2.05) is 6.92 Å². The van der Waals surface area contributed by atoms with Crippen LogP contribution in [0.5, 0.6) is 0 Å². The molecule has 1 unspecified atom stereocenters. The Bertz CT molecular complexity index is 635. The summed E-state index contributed by atoms with van der Waals surface area (Å²) in [6, 6.07) is 4.41. The molecule has 23 heavy (non-hydrogen) atoms. The Balaban J connectivity index is 2.72. The van der Waals surface area contributed by atoms with Crippen LogP contribution in [0.4, 0.5) is 0 Å². The molecule has 2 N–H and O–H groups in total. The zero-order valence-electron chi connectivity index (χ0n) is 15.1. The van der Waals surface area contributed by atoms with Gasteiger partial charge in [0.05, 0.1) is 5.76 Å². The smallest absolute Gasteiger partial charge is 0.108 e. The third-order valence-corrected chi connectivity index (χ3v) is 4.79. The first-order valence-electron chi connectivity index (χ1n) is 8.89. The van der Waals surface area contributed by atoms with Gasteiger partial charge >= 0.3 is 0 Å². The van der Waals surface area contributed by atoms with Crippen molar-refractivity contribution < 1.29 is 10.2 Å². The fraction of sp³-hybridized carbons (Fsp3) is 0.524. The Hall–Kier alpha value is -1.54. The number of hydrogen-bond acceptors (Lipinski definition) is 2. The molecule has 2 heteroatoms. The van der Waals surface area contributed by atoms with Crippen LogP contribution in [0.25, 0.3) is 0 Å². The Morgan fingerprint density at radius 3 is 2.48 bits per heavy atom. The molecule has 0 aromatic heterocycles. The number of benzene rings is 1. The van der Waals surface area contributed by atoms with Gasteiger partial charge in [0, 0.05) is 12.0 Å². The summed E-state index contributed by atoms with van der Waals surface area (Å²) in [5, 5.41) is 21.3. The van der Waals surface area contributed by atoms with Gasteiger partial charge in [-0.1, -0.05) is 52.8 Å². The van der Waals surface area contributed by atoms with Gasteiger partial charge in [-0.05, 0) is 53.0 Å². The van der Waals surface area contributed by atoms with Gasteiger partial charge in [-0.3, -0.25) is 0 Å². The highest BCUT2D eigenvalue weighted by Gasteiger charge is 2.31. The molecular formula is C21H30O2. The van der Waals surface area contributed by atoms with Gasteiger partial charge in [-0.25, -0.2) is 0 Å². The number of fused-ring (bicyclic) bond motifs is 1. The Kier molecular flexibility index (Phi) is 5.69. The first-order valence-corrected chi connectivity index (χ1v) is 8.89. The minimum absolute atomic E-state index is 0.316. The lowest BCUT2D eigenvalue weighted by Crippen LogP contribution is -2.19. The van der Waals surface area contributed by atoms with Gasteiger partial charge in [0.15, 0.2) is 0 Å². The van der Waals surface area contributed by atoms with Crippen molar-refractivity contribution in [3.05, 3.63) is 57.4 Å². The fourth-order valence-electron chi connectivity index (χ4n) is 3.53. The minimum Gasteiger partial charge on any atom is -0.512 e. The maximum absolute atomic E-state index is 11.0. The van der Waals surface area contributed by atoms with Gasteiger partial charge in [0.25, 0.3) is 0 Å². The molecule has 0 amide bonds. The Labute approximate surface area is 140 Å². The second-order valence-corrected chi connectivity index (χ2v) is 6.69. The molecule has 1 aliphatic carbocycles. The van der Waals surface area contributed by atoms with E-state index in [1.54, 1.807) is 0 Å². The first kappa shape index (κ1) is 17.8. The Morgan fingerprint density at radius 2 is 1.96 bits per heavy atom. The maximum atomic E-state index is 11.0. The van der Waals surface area contributed by atoms with Crippen LogP contribution in [-0.2, 0) is 12.8 Å². The van der Waals surface area contributed by atoms with Crippen molar-refractivity contribution in [2.75, 3.05) is 0 Å². The lowest BCUT2D eigenvalue weighted by molar-refractivity contribution is 0.203. The molecule has 0 aliphatic heterocycles. The molecule has 1 aliphatic rings. The predicted octanol–water partition coefficient (Wildman–Crippen LogP) is 5.52. The number of aliphatic hydroxyl groups excluding tert-OH is 2. The molecule has 0 radical (unpaired) electrons. The molecule has 0 heterocycles. The second-order valence-electron chi connectivity index (χ2n) is 6.69.